The third-order valence-corrected chi connectivity index (χ3v) is 5.72. The maximum atomic E-state index is 6.08. The van der Waals surface area contributed by atoms with Gasteiger partial charge in [-0.15, -0.1) is 0 Å². The molecule has 0 unspecified atom stereocenters. The Morgan fingerprint density at radius 3 is 2.93 bits per heavy atom. The monoisotopic (exact) mass is 368 g/mol. The maximum absolute atomic E-state index is 6.08. The number of morpholine rings is 1. The molecule has 0 radical (unpaired) electrons. The topological polar surface area (TPSA) is 77.5 Å². The highest BCUT2D eigenvalue weighted by Gasteiger charge is 2.19. The van der Waals surface area contributed by atoms with E-state index < -0.39 is 0 Å². The lowest BCUT2D eigenvalue weighted by molar-refractivity contribution is -0.908. The van der Waals surface area contributed by atoms with Crippen molar-refractivity contribution < 1.29 is 14.1 Å². The number of anilines is 1. The molecule has 1 aliphatic heterocycles. The molecule has 0 amide bonds. The number of rotatable bonds is 5. The van der Waals surface area contributed by atoms with Crippen LogP contribution in [0.25, 0.3) is 22.2 Å². The second kappa shape index (κ2) is 7.40. The Labute approximate surface area is 158 Å². The van der Waals surface area contributed by atoms with E-state index in [9.17, 15) is 0 Å². The van der Waals surface area contributed by atoms with Gasteiger partial charge < -0.3 is 19.4 Å². The van der Waals surface area contributed by atoms with Gasteiger partial charge in [0.25, 0.3) is 0 Å². The Balaban J connectivity index is 1.35. The molecule has 0 aromatic carbocycles. The van der Waals surface area contributed by atoms with Crippen molar-refractivity contribution in [3.05, 3.63) is 23.7 Å². The van der Waals surface area contributed by atoms with Crippen LogP contribution < -0.4 is 10.2 Å². The quantitative estimate of drug-likeness (QED) is 0.663. The van der Waals surface area contributed by atoms with E-state index in [1.54, 1.807) is 11.2 Å². The highest BCUT2D eigenvalue weighted by molar-refractivity contribution is 6.04. The summed E-state index contributed by atoms with van der Waals surface area (Å²) in [5, 5.41) is 4.45. The molecular weight excluding hydrogens is 342 g/mol. The lowest BCUT2D eigenvalue weighted by atomic mass is 9.95. The maximum Gasteiger partial charge on any atom is 0.229 e. The first-order valence-corrected chi connectivity index (χ1v) is 10.1. The zero-order chi connectivity index (χ0) is 18.1. The zero-order valence-electron chi connectivity index (χ0n) is 15.6. The summed E-state index contributed by atoms with van der Waals surface area (Å²) in [6.07, 6.45) is 7.31. The van der Waals surface area contributed by atoms with E-state index in [-0.39, 0.29) is 0 Å². The van der Waals surface area contributed by atoms with Gasteiger partial charge in [0.15, 0.2) is 11.4 Å². The van der Waals surface area contributed by atoms with Crippen molar-refractivity contribution in [2.75, 3.05) is 44.7 Å². The average Bonchev–Trinajstić information content (AvgIpc) is 3.08. The normalized spacial score (nSPS) is 18.1. The van der Waals surface area contributed by atoms with Gasteiger partial charge in [0, 0.05) is 18.7 Å². The van der Waals surface area contributed by atoms with Crippen LogP contribution in [0.1, 0.15) is 30.5 Å². The standard InChI is InChI=1S/C20H25N5O2/c1-2-5-16-14(4-1)12-15-17-18(27-20(15)24-16)19(23-13-22-17)21-6-3-7-25-8-10-26-11-9-25/h12-13H,1-11H2,(H,21,22,23)/p+1. The summed E-state index contributed by atoms with van der Waals surface area (Å²) >= 11 is 0. The molecule has 0 atom stereocenters. The molecule has 1 saturated heterocycles. The molecule has 2 N–H and O–H groups in total. The molecule has 4 heterocycles. The number of aryl methyl sites for hydroxylation is 2. The minimum Gasteiger partial charge on any atom is -0.432 e. The van der Waals surface area contributed by atoms with Crippen LogP contribution in [0.15, 0.2) is 16.8 Å². The van der Waals surface area contributed by atoms with Crippen molar-refractivity contribution >= 4 is 28.0 Å². The van der Waals surface area contributed by atoms with E-state index in [0.717, 1.165) is 81.0 Å². The molecule has 27 heavy (non-hydrogen) atoms. The number of fused-ring (bicyclic) bond motifs is 4. The summed E-state index contributed by atoms with van der Waals surface area (Å²) < 4.78 is 11.5. The predicted molar refractivity (Wildman–Crippen MR) is 103 cm³/mol. The highest BCUT2D eigenvalue weighted by atomic mass is 16.5. The molecular formula is C20H26N5O2+. The first-order valence-electron chi connectivity index (χ1n) is 10.1. The van der Waals surface area contributed by atoms with E-state index >= 15 is 0 Å². The predicted octanol–water partition coefficient (Wildman–Crippen LogP) is 1.37. The lowest BCUT2D eigenvalue weighted by Crippen LogP contribution is -3.14. The van der Waals surface area contributed by atoms with Crippen LogP contribution in [0.5, 0.6) is 0 Å². The van der Waals surface area contributed by atoms with E-state index in [1.165, 1.54) is 24.1 Å². The molecule has 7 heteroatoms. The Morgan fingerprint density at radius 2 is 2.00 bits per heavy atom. The van der Waals surface area contributed by atoms with Gasteiger partial charge in [-0.1, -0.05) is 0 Å². The summed E-state index contributed by atoms with van der Waals surface area (Å²) in [5.74, 6) is 0.771. The van der Waals surface area contributed by atoms with Crippen LogP contribution in [0.3, 0.4) is 0 Å². The number of nitrogens with zero attached hydrogens (tertiary/aromatic N) is 3. The van der Waals surface area contributed by atoms with Gasteiger partial charge in [-0.05, 0) is 37.3 Å². The molecule has 0 spiro atoms. The molecule has 0 saturated carbocycles. The Kier molecular flexibility index (Phi) is 4.63. The van der Waals surface area contributed by atoms with Crippen molar-refractivity contribution in [2.45, 2.75) is 32.1 Å². The average molecular weight is 368 g/mol. The SMILES string of the molecule is c1nc(NCCC[NH+]2CCOCC2)c2oc3nc4c(cc3c2n1)CCCC4. The fraction of sp³-hybridized carbons (Fsp3) is 0.550. The third kappa shape index (κ3) is 3.37. The number of aromatic nitrogens is 3. The molecule has 3 aromatic heterocycles. The number of pyridine rings is 1. The summed E-state index contributed by atoms with van der Waals surface area (Å²) in [6, 6.07) is 2.22. The van der Waals surface area contributed by atoms with E-state index in [0.29, 0.717) is 5.71 Å². The van der Waals surface area contributed by atoms with Crippen molar-refractivity contribution in [1.82, 2.24) is 15.0 Å². The van der Waals surface area contributed by atoms with Crippen molar-refractivity contribution in [2.24, 2.45) is 0 Å². The van der Waals surface area contributed by atoms with Gasteiger partial charge in [0.1, 0.15) is 24.9 Å². The molecule has 1 fully saturated rings. The van der Waals surface area contributed by atoms with Crippen LogP contribution in [-0.4, -0.2) is 54.3 Å². The van der Waals surface area contributed by atoms with E-state index in [4.69, 9.17) is 14.1 Å². The summed E-state index contributed by atoms with van der Waals surface area (Å²) in [4.78, 5) is 15.3. The minimum atomic E-state index is 0.687. The second-order valence-electron chi connectivity index (χ2n) is 7.55. The number of hydrogen-bond acceptors (Lipinski definition) is 6. The third-order valence-electron chi connectivity index (χ3n) is 5.72. The Bertz CT molecular complexity index is 948. The molecule has 3 aromatic rings. The fourth-order valence-corrected chi connectivity index (χ4v) is 4.20. The number of quaternary nitrogens is 1. The Hall–Kier alpha value is -2.25. The van der Waals surface area contributed by atoms with Crippen LogP contribution >= 0.6 is 0 Å². The number of hydrogen-bond donors (Lipinski definition) is 2. The van der Waals surface area contributed by atoms with Gasteiger partial charge in [0.05, 0.1) is 25.1 Å². The first-order chi connectivity index (χ1) is 13.4. The Morgan fingerprint density at radius 1 is 1.11 bits per heavy atom. The van der Waals surface area contributed by atoms with Crippen LogP contribution in [0.2, 0.25) is 0 Å². The van der Waals surface area contributed by atoms with Gasteiger partial charge in [-0.2, -0.15) is 0 Å². The molecule has 2 aliphatic rings. The van der Waals surface area contributed by atoms with Gasteiger partial charge in [-0.3, -0.25) is 0 Å². The molecule has 7 nitrogen and oxygen atoms in total. The second-order valence-corrected chi connectivity index (χ2v) is 7.55. The van der Waals surface area contributed by atoms with Crippen molar-refractivity contribution in [3.8, 4) is 0 Å². The lowest BCUT2D eigenvalue weighted by Gasteiger charge is -2.23. The van der Waals surface area contributed by atoms with Crippen molar-refractivity contribution in [3.63, 3.8) is 0 Å². The summed E-state index contributed by atoms with van der Waals surface area (Å²) in [6.45, 7) is 6.00. The van der Waals surface area contributed by atoms with Crippen LogP contribution in [0, 0.1) is 0 Å². The minimum absolute atomic E-state index is 0.687. The fourth-order valence-electron chi connectivity index (χ4n) is 4.20. The smallest absolute Gasteiger partial charge is 0.229 e. The van der Waals surface area contributed by atoms with Crippen LogP contribution in [-0.2, 0) is 17.6 Å². The molecule has 5 rings (SSSR count). The van der Waals surface area contributed by atoms with Gasteiger partial charge in [-0.25, -0.2) is 15.0 Å². The van der Waals surface area contributed by atoms with E-state index in [2.05, 4.69) is 21.4 Å². The summed E-state index contributed by atoms with van der Waals surface area (Å²) in [5.41, 5.74) is 4.80. The number of ether oxygens (including phenoxy) is 1. The molecule has 1 aliphatic carbocycles. The van der Waals surface area contributed by atoms with E-state index in [1.807, 2.05) is 0 Å². The van der Waals surface area contributed by atoms with Gasteiger partial charge in [0.2, 0.25) is 5.71 Å². The molecule has 142 valence electrons. The van der Waals surface area contributed by atoms with Crippen LogP contribution in [0.4, 0.5) is 5.82 Å². The number of furan rings is 1. The first kappa shape index (κ1) is 16.9. The number of nitrogens with one attached hydrogen (secondary N) is 2. The van der Waals surface area contributed by atoms with Crippen molar-refractivity contribution in [1.29, 1.82) is 0 Å². The molecule has 0 bridgehead atoms. The zero-order valence-corrected chi connectivity index (χ0v) is 15.6. The van der Waals surface area contributed by atoms with Gasteiger partial charge >= 0.3 is 0 Å². The largest absolute Gasteiger partial charge is 0.432 e. The highest BCUT2D eigenvalue weighted by Crippen LogP contribution is 2.32. The summed E-state index contributed by atoms with van der Waals surface area (Å²) in [7, 11) is 0.